The Balaban J connectivity index is 2.06. The van der Waals surface area contributed by atoms with Gasteiger partial charge in [-0.05, 0) is 18.4 Å². The third-order valence-corrected chi connectivity index (χ3v) is 4.15. The molecular formula is C14H24N2O2. The maximum absolute atomic E-state index is 10.6. The van der Waals surface area contributed by atoms with E-state index >= 15 is 0 Å². The van der Waals surface area contributed by atoms with E-state index in [0.717, 1.165) is 31.2 Å². The lowest BCUT2D eigenvalue weighted by Gasteiger charge is -2.36. The molecule has 0 saturated heterocycles. The smallest absolute Gasteiger partial charge is 0.0939 e. The number of methoxy groups -OCH3 is 1. The van der Waals surface area contributed by atoms with E-state index in [1.54, 1.807) is 11.8 Å². The van der Waals surface area contributed by atoms with Crippen molar-refractivity contribution in [2.24, 2.45) is 7.05 Å². The minimum Gasteiger partial charge on any atom is -0.390 e. The lowest BCUT2D eigenvalue weighted by Crippen LogP contribution is -2.45. The molecule has 1 N–H and O–H groups in total. The van der Waals surface area contributed by atoms with Gasteiger partial charge in [0.25, 0.3) is 0 Å². The van der Waals surface area contributed by atoms with Crippen LogP contribution in [0, 0.1) is 0 Å². The summed E-state index contributed by atoms with van der Waals surface area (Å²) in [4.78, 5) is 0. The van der Waals surface area contributed by atoms with Gasteiger partial charge in [-0.15, -0.1) is 0 Å². The van der Waals surface area contributed by atoms with E-state index in [0.29, 0.717) is 6.42 Å². The molecule has 1 heterocycles. The summed E-state index contributed by atoms with van der Waals surface area (Å²) in [6.45, 7) is 0. The molecule has 2 rings (SSSR count). The Labute approximate surface area is 109 Å². The number of rotatable bonds is 4. The molecule has 1 aliphatic carbocycles. The van der Waals surface area contributed by atoms with Gasteiger partial charge in [-0.3, -0.25) is 4.68 Å². The van der Waals surface area contributed by atoms with E-state index in [2.05, 4.69) is 5.10 Å². The van der Waals surface area contributed by atoms with Crippen molar-refractivity contribution in [3.8, 4) is 0 Å². The van der Waals surface area contributed by atoms with Gasteiger partial charge in [-0.2, -0.15) is 5.10 Å². The van der Waals surface area contributed by atoms with Crippen molar-refractivity contribution >= 4 is 0 Å². The molecule has 1 atom stereocenters. The van der Waals surface area contributed by atoms with Gasteiger partial charge >= 0.3 is 0 Å². The van der Waals surface area contributed by atoms with Crippen molar-refractivity contribution in [2.45, 2.75) is 56.7 Å². The van der Waals surface area contributed by atoms with Gasteiger partial charge in [0.05, 0.1) is 17.9 Å². The van der Waals surface area contributed by atoms with E-state index in [4.69, 9.17) is 4.74 Å². The van der Waals surface area contributed by atoms with Gasteiger partial charge in [0.15, 0.2) is 0 Å². The quantitative estimate of drug-likeness (QED) is 0.834. The molecule has 1 aromatic heterocycles. The van der Waals surface area contributed by atoms with Crippen molar-refractivity contribution in [3.63, 3.8) is 0 Å². The van der Waals surface area contributed by atoms with Gasteiger partial charge in [0, 0.05) is 26.8 Å². The van der Waals surface area contributed by atoms with Crippen molar-refractivity contribution in [1.82, 2.24) is 9.78 Å². The van der Waals surface area contributed by atoms with Crippen LogP contribution in [0.25, 0.3) is 0 Å². The van der Waals surface area contributed by atoms with Crippen LogP contribution in [0.4, 0.5) is 0 Å². The van der Waals surface area contributed by atoms with Crippen molar-refractivity contribution in [1.29, 1.82) is 0 Å². The van der Waals surface area contributed by atoms with Gasteiger partial charge in [0.2, 0.25) is 0 Å². The molecule has 1 unspecified atom stereocenters. The lowest BCUT2D eigenvalue weighted by atomic mass is 9.85. The Morgan fingerprint density at radius 1 is 1.39 bits per heavy atom. The summed E-state index contributed by atoms with van der Waals surface area (Å²) < 4.78 is 7.49. The average Bonchev–Trinajstić information content (AvgIpc) is 2.65. The highest BCUT2D eigenvalue weighted by molar-refractivity contribution is 5.08. The number of aliphatic hydroxyl groups is 1. The summed E-state index contributed by atoms with van der Waals surface area (Å²) in [5, 5.41) is 14.7. The van der Waals surface area contributed by atoms with Crippen LogP contribution in [0.2, 0.25) is 0 Å². The highest BCUT2D eigenvalue weighted by Gasteiger charge is 2.38. The second-order valence-electron chi connectivity index (χ2n) is 5.43. The lowest BCUT2D eigenvalue weighted by molar-refractivity contribution is -0.111. The summed E-state index contributed by atoms with van der Waals surface area (Å²) in [5.74, 6) is 0. The first-order valence-electron chi connectivity index (χ1n) is 6.87. The number of nitrogens with zero attached hydrogens (tertiary/aromatic N) is 2. The predicted molar refractivity (Wildman–Crippen MR) is 70.4 cm³/mol. The van der Waals surface area contributed by atoms with Gasteiger partial charge in [-0.1, -0.05) is 25.7 Å². The number of hydrogen-bond donors (Lipinski definition) is 1. The highest BCUT2D eigenvalue weighted by atomic mass is 16.5. The second kappa shape index (κ2) is 5.85. The van der Waals surface area contributed by atoms with Crippen molar-refractivity contribution in [3.05, 3.63) is 18.0 Å². The summed E-state index contributed by atoms with van der Waals surface area (Å²) in [5.41, 5.74) is 0.720. The fourth-order valence-electron chi connectivity index (χ4n) is 2.99. The van der Waals surface area contributed by atoms with Crippen molar-refractivity contribution in [2.75, 3.05) is 7.11 Å². The Hall–Kier alpha value is -0.870. The molecular weight excluding hydrogens is 228 g/mol. The van der Waals surface area contributed by atoms with Crippen LogP contribution in [-0.2, 0) is 18.2 Å². The molecule has 0 bridgehead atoms. The minimum atomic E-state index is -0.440. The third-order valence-electron chi connectivity index (χ3n) is 4.15. The third kappa shape index (κ3) is 2.93. The second-order valence-corrected chi connectivity index (χ2v) is 5.43. The first kappa shape index (κ1) is 13.6. The number of aromatic nitrogens is 2. The molecule has 4 heteroatoms. The molecule has 0 amide bonds. The van der Waals surface area contributed by atoms with Gasteiger partial charge in [-0.25, -0.2) is 0 Å². The summed E-state index contributed by atoms with van der Waals surface area (Å²) >= 11 is 0. The first-order chi connectivity index (χ1) is 8.66. The van der Waals surface area contributed by atoms with E-state index in [1.165, 1.54) is 12.8 Å². The van der Waals surface area contributed by atoms with Crippen LogP contribution in [-0.4, -0.2) is 33.7 Å². The molecule has 1 saturated carbocycles. The zero-order valence-corrected chi connectivity index (χ0v) is 11.4. The monoisotopic (exact) mass is 252 g/mol. The summed E-state index contributed by atoms with van der Waals surface area (Å²) in [6, 6.07) is 0. The van der Waals surface area contributed by atoms with Crippen LogP contribution in [0.15, 0.2) is 12.4 Å². The largest absolute Gasteiger partial charge is 0.390 e. The van der Waals surface area contributed by atoms with Gasteiger partial charge in [0.1, 0.15) is 0 Å². The minimum absolute atomic E-state index is 0.355. The molecule has 0 radical (unpaired) electrons. The predicted octanol–water partition coefficient (Wildman–Crippen LogP) is 2.06. The number of aryl methyl sites for hydroxylation is 1. The van der Waals surface area contributed by atoms with E-state index < -0.39 is 6.10 Å². The Morgan fingerprint density at radius 3 is 2.56 bits per heavy atom. The molecule has 0 aliphatic heterocycles. The molecule has 18 heavy (non-hydrogen) atoms. The maximum Gasteiger partial charge on any atom is 0.0939 e. The Kier molecular flexibility index (Phi) is 4.40. The number of ether oxygens (including phenoxy) is 1. The van der Waals surface area contributed by atoms with Crippen LogP contribution < -0.4 is 0 Å². The summed E-state index contributed by atoms with van der Waals surface area (Å²) in [7, 11) is 3.63. The first-order valence-corrected chi connectivity index (χ1v) is 6.87. The average molecular weight is 252 g/mol. The molecule has 1 aliphatic rings. The topological polar surface area (TPSA) is 47.3 Å². The maximum atomic E-state index is 10.6. The normalized spacial score (nSPS) is 21.5. The van der Waals surface area contributed by atoms with Crippen LogP contribution in [0.3, 0.4) is 0 Å². The number of aliphatic hydroxyl groups excluding tert-OH is 1. The van der Waals surface area contributed by atoms with Crippen LogP contribution in [0.1, 0.15) is 44.1 Å². The van der Waals surface area contributed by atoms with Gasteiger partial charge < -0.3 is 9.84 Å². The van der Waals surface area contributed by atoms with E-state index in [1.807, 2.05) is 19.4 Å². The van der Waals surface area contributed by atoms with E-state index in [9.17, 15) is 5.11 Å². The highest BCUT2D eigenvalue weighted by Crippen LogP contribution is 2.34. The molecule has 1 fully saturated rings. The fraction of sp³-hybridized carbons (Fsp3) is 0.786. The van der Waals surface area contributed by atoms with Crippen molar-refractivity contribution < 1.29 is 9.84 Å². The standard InChI is InChI=1S/C14H24N2O2/c1-16-11-12(10-15-16)9-13(17)14(18-2)7-5-3-4-6-8-14/h10-11,13,17H,3-9H2,1-2H3. The SMILES string of the molecule is COC1(C(O)Cc2cnn(C)c2)CCCCCC1. The Morgan fingerprint density at radius 2 is 2.06 bits per heavy atom. The molecule has 0 spiro atoms. The molecule has 0 aromatic carbocycles. The zero-order valence-electron chi connectivity index (χ0n) is 11.4. The van der Waals surface area contributed by atoms with E-state index in [-0.39, 0.29) is 5.60 Å². The molecule has 1 aromatic rings. The fourth-order valence-corrected chi connectivity index (χ4v) is 2.99. The zero-order chi connectivity index (χ0) is 13.0. The Bertz CT molecular complexity index is 368. The summed E-state index contributed by atoms with van der Waals surface area (Å²) in [6.07, 6.45) is 10.7. The number of hydrogen-bond acceptors (Lipinski definition) is 3. The van der Waals surface area contributed by atoms with Crippen LogP contribution >= 0.6 is 0 Å². The molecule has 102 valence electrons. The molecule has 4 nitrogen and oxygen atoms in total. The van der Waals surface area contributed by atoms with Crippen LogP contribution in [0.5, 0.6) is 0 Å².